The van der Waals surface area contributed by atoms with Gasteiger partial charge in [0.1, 0.15) is 0 Å². The van der Waals surface area contributed by atoms with E-state index >= 15 is 0 Å². The Hall–Kier alpha value is -2.87. The van der Waals surface area contributed by atoms with E-state index in [-0.39, 0.29) is 17.5 Å². The number of hydrogen-bond donors (Lipinski definition) is 1. The minimum atomic E-state index is -0.336. The van der Waals surface area contributed by atoms with Crippen LogP contribution < -0.4 is 25.0 Å². The number of thioether (sulfide) groups is 1. The molecule has 2 amide bonds. The first kappa shape index (κ1) is 24.8. The van der Waals surface area contributed by atoms with Gasteiger partial charge < -0.3 is 24.4 Å². The number of nitrogens with one attached hydrogen (secondary N) is 1. The van der Waals surface area contributed by atoms with Crippen molar-refractivity contribution in [2.45, 2.75) is 37.6 Å². The van der Waals surface area contributed by atoms with Gasteiger partial charge in [0.05, 0.1) is 32.3 Å². The Morgan fingerprint density at radius 2 is 1.79 bits per heavy atom. The van der Waals surface area contributed by atoms with Crippen LogP contribution in [0.2, 0.25) is 0 Å². The van der Waals surface area contributed by atoms with Crippen molar-refractivity contribution in [3.05, 3.63) is 45.6 Å². The second-order valence-electron chi connectivity index (χ2n) is 7.67. The van der Waals surface area contributed by atoms with Gasteiger partial charge in [-0.3, -0.25) is 4.79 Å². The Balaban J connectivity index is 2.30. The van der Waals surface area contributed by atoms with Gasteiger partial charge in [-0.25, -0.2) is 4.79 Å². The number of carbonyl (C=O) groups is 1. The molecular weight excluding hydrogens is 440 g/mol. The van der Waals surface area contributed by atoms with Crippen LogP contribution in [0.4, 0.5) is 4.79 Å². The molecule has 0 saturated carbocycles. The maximum absolute atomic E-state index is 13.0. The van der Waals surface area contributed by atoms with E-state index in [9.17, 15) is 9.59 Å². The number of carbonyl (C=O) groups excluding carboxylic acids is 1. The van der Waals surface area contributed by atoms with E-state index in [1.165, 1.54) is 11.8 Å². The Morgan fingerprint density at radius 1 is 1.09 bits per heavy atom. The van der Waals surface area contributed by atoms with Crippen LogP contribution in [-0.4, -0.2) is 51.6 Å². The van der Waals surface area contributed by atoms with Gasteiger partial charge in [-0.15, -0.1) is 11.8 Å². The highest BCUT2D eigenvalue weighted by molar-refractivity contribution is 7.98. The normalized spacial score (nSPS) is 14.4. The van der Waals surface area contributed by atoms with E-state index in [0.717, 1.165) is 22.3 Å². The standard InChI is InChI=1S/C25H32N2O5S/c1-7-27(8-2)25(29)26-18-11-9-15-13-20(30-3)23(31-4)24(32-5)22(15)16-10-12-21(33-6)19(28)14-17(16)18/h10,12-14,18H,7-9,11H2,1-6H3,(H,26,29)/t18-/m0/s1. The van der Waals surface area contributed by atoms with Crippen LogP contribution in [0.15, 0.2) is 34.0 Å². The molecular formula is C25H32N2O5S. The van der Waals surface area contributed by atoms with Gasteiger partial charge in [0.2, 0.25) is 5.75 Å². The molecule has 2 aromatic carbocycles. The smallest absolute Gasteiger partial charge is 0.317 e. The van der Waals surface area contributed by atoms with E-state index < -0.39 is 0 Å². The topological polar surface area (TPSA) is 77.1 Å². The number of aryl methyl sites for hydroxylation is 1. The van der Waals surface area contributed by atoms with Crippen LogP contribution >= 0.6 is 11.8 Å². The predicted molar refractivity (Wildman–Crippen MR) is 132 cm³/mol. The van der Waals surface area contributed by atoms with Crippen molar-refractivity contribution in [1.82, 2.24) is 10.2 Å². The van der Waals surface area contributed by atoms with Gasteiger partial charge in [-0.05, 0) is 67.8 Å². The SMILES string of the molecule is CCN(CC)C(=O)N[C@H]1CCc2cc(OC)c(OC)c(OC)c2-c2ccc(SC)c(=O)cc21. The summed E-state index contributed by atoms with van der Waals surface area (Å²) >= 11 is 1.40. The summed E-state index contributed by atoms with van der Waals surface area (Å²) in [6.07, 6.45) is 3.17. The lowest BCUT2D eigenvalue weighted by Gasteiger charge is -2.24. The number of ether oxygens (including phenoxy) is 3. The lowest BCUT2D eigenvalue weighted by atomic mass is 9.95. The van der Waals surface area contributed by atoms with E-state index in [2.05, 4.69) is 5.32 Å². The Labute approximate surface area is 199 Å². The molecule has 1 atom stereocenters. The second kappa shape index (κ2) is 10.8. The van der Waals surface area contributed by atoms with E-state index in [4.69, 9.17) is 14.2 Å². The minimum Gasteiger partial charge on any atom is -0.493 e. The summed E-state index contributed by atoms with van der Waals surface area (Å²) in [6.45, 7) is 5.11. The first-order chi connectivity index (χ1) is 15.9. The molecule has 0 heterocycles. The number of hydrogen-bond acceptors (Lipinski definition) is 6. The molecule has 0 saturated heterocycles. The third-order valence-electron chi connectivity index (χ3n) is 6.07. The molecule has 0 spiro atoms. The van der Waals surface area contributed by atoms with Crippen molar-refractivity contribution in [3.63, 3.8) is 0 Å². The van der Waals surface area contributed by atoms with Crippen LogP contribution in [0.25, 0.3) is 11.1 Å². The van der Waals surface area contributed by atoms with E-state index in [1.54, 1.807) is 32.3 Å². The fourth-order valence-corrected chi connectivity index (χ4v) is 4.83. The zero-order valence-corrected chi connectivity index (χ0v) is 20.9. The first-order valence-corrected chi connectivity index (χ1v) is 12.3. The maximum Gasteiger partial charge on any atom is 0.317 e. The highest BCUT2D eigenvalue weighted by Gasteiger charge is 2.30. The van der Waals surface area contributed by atoms with E-state index in [0.29, 0.717) is 48.1 Å². The Kier molecular flexibility index (Phi) is 8.13. The fraction of sp³-hybridized carbons (Fsp3) is 0.440. The van der Waals surface area contributed by atoms with Gasteiger partial charge in [0.15, 0.2) is 16.9 Å². The van der Waals surface area contributed by atoms with E-state index in [1.807, 2.05) is 38.3 Å². The van der Waals surface area contributed by atoms with Crippen molar-refractivity contribution < 1.29 is 19.0 Å². The lowest BCUT2D eigenvalue weighted by Crippen LogP contribution is -2.41. The van der Waals surface area contributed by atoms with Gasteiger partial charge in [0.25, 0.3) is 0 Å². The van der Waals surface area contributed by atoms with Crippen LogP contribution in [0.3, 0.4) is 0 Å². The van der Waals surface area contributed by atoms with Crippen molar-refractivity contribution in [1.29, 1.82) is 0 Å². The molecule has 3 rings (SSSR count). The molecule has 0 fully saturated rings. The fourth-order valence-electron chi connectivity index (χ4n) is 4.37. The number of rotatable bonds is 7. The van der Waals surface area contributed by atoms with Crippen molar-refractivity contribution in [2.24, 2.45) is 0 Å². The number of nitrogens with zero attached hydrogens (tertiary/aromatic N) is 1. The second-order valence-corrected chi connectivity index (χ2v) is 8.52. The average molecular weight is 473 g/mol. The molecule has 0 aromatic heterocycles. The molecule has 8 heteroatoms. The summed E-state index contributed by atoms with van der Waals surface area (Å²) in [5.41, 5.74) is 3.39. The summed E-state index contributed by atoms with van der Waals surface area (Å²) < 4.78 is 17.0. The van der Waals surface area contributed by atoms with Crippen LogP contribution in [0.1, 0.15) is 37.4 Å². The maximum atomic E-state index is 13.0. The largest absolute Gasteiger partial charge is 0.493 e. The zero-order valence-electron chi connectivity index (χ0n) is 20.1. The van der Waals surface area contributed by atoms with Gasteiger partial charge in [-0.2, -0.15) is 0 Å². The molecule has 0 unspecified atom stereocenters. The predicted octanol–water partition coefficient (Wildman–Crippen LogP) is 4.50. The number of fused-ring (bicyclic) bond motifs is 3. The summed E-state index contributed by atoms with van der Waals surface area (Å²) in [5.74, 6) is 1.62. The molecule has 0 aliphatic heterocycles. The van der Waals surface area contributed by atoms with Crippen LogP contribution in [0.5, 0.6) is 17.2 Å². The third-order valence-corrected chi connectivity index (χ3v) is 6.85. The van der Waals surface area contributed by atoms with Gasteiger partial charge >= 0.3 is 6.03 Å². The summed E-state index contributed by atoms with van der Waals surface area (Å²) in [7, 11) is 4.76. The average Bonchev–Trinajstić information content (AvgIpc) is 3.07. The summed E-state index contributed by atoms with van der Waals surface area (Å²) in [4.78, 5) is 28.3. The Morgan fingerprint density at radius 3 is 2.36 bits per heavy atom. The minimum absolute atomic E-state index is 0.0752. The van der Waals surface area contributed by atoms with Crippen molar-refractivity contribution in [3.8, 4) is 28.4 Å². The highest BCUT2D eigenvalue weighted by Crippen LogP contribution is 2.50. The molecule has 0 bridgehead atoms. The molecule has 1 aliphatic carbocycles. The molecule has 0 radical (unpaired) electrons. The molecule has 1 aliphatic rings. The summed E-state index contributed by atoms with van der Waals surface area (Å²) in [6, 6.07) is 6.90. The van der Waals surface area contributed by atoms with Crippen molar-refractivity contribution in [2.75, 3.05) is 40.7 Å². The molecule has 2 aromatic rings. The molecule has 7 nitrogen and oxygen atoms in total. The first-order valence-electron chi connectivity index (χ1n) is 11.0. The molecule has 1 N–H and O–H groups in total. The number of methoxy groups -OCH3 is 3. The highest BCUT2D eigenvalue weighted by atomic mass is 32.2. The summed E-state index contributed by atoms with van der Waals surface area (Å²) in [5, 5.41) is 3.16. The monoisotopic (exact) mass is 472 g/mol. The zero-order chi connectivity index (χ0) is 24.1. The number of benzene rings is 1. The van der Waals surface area contributed by atoms with Gasteiger partial charge in [-0.1, -0.05) is 6.07 Å². The van der Waals surface area contributed by atoms with Crippen LogP contribution in [0, 0.1) is 0 Å². The van der Waals surface area contributed by atoms with Gasteiger partial charge in [0, 0.05) is 18.7 Å². The van der Waals surface area contributed by atoms with Crippen LogP contribution in [-0.2, 0) is 6.42 Å². The number of urea groups is 1. The van der Waals surface area contributed by atoms with Crippen molar-refractivity contribution >= 4 is 17.8 Å². The third kappa shape index (κ3) is 4.76. The Bertz CT molecular complexity index is 1090. The molecule has 33 heavy (non-hydrogen) atoms. The quantitative estimate of drug-likeness (QED) is 0.598. The molecule has 178 valence electrons. The lowest BCUT2D eigenvalue weighted by molar-refractivity contribution is 0.198. The number of amides is 2.